The van der Waals surface area contributed by atoms with Gasteiger partial charge in [0, 0.05) is 27.7 Å². The Morgan fingerprint density at radius 3 is 2.17 bits per heavy atom. The maximum atomic E-state index is 12.0. The van der Waals surface area contributed by atoms with Crippen LogP contribution >= 0.6 is 0 Å². The summed E-state index contributed by atoms with van der Waals surface area (Å²) < 4.78 is 33.4. The molecule has 1 heterocycles. The summed E-state index contributed by atoms with van der Waals surface area (Å²) >= 11 is 0. The topological polar surface area (TPSA) is 136 Å². The molecule has 0 saturated carbocycles. The highest BCUT2D eigenvalue weighted by Crippen LogP contribution is 2.34. The van der Waals surface area contributed by atoms with Crippen LogP contribution in [0.15, 0.2) is 24.3 Å². The molecular formula is C24H31NO10. The van der Waals surface area contributed by atoms with E-state index in [4.69, 9.17) is 28.4 Å². The van der Waals surface area contributed by atoms with Crippen LogP contribution in [0.5, 0.6) is 11.5 Å². The van der Waals surface area contributed by atoms with E-state index in [1.165, 1.54) is 34.8 Å². The SMILES string of the molecule is C/C=C/c1ccc(O[C@H]2O[C@@H](COC(C)=O)[C@@H](OC(C)=O)[C@@H](OC(C)=O)[C@H]2NC(C)=O)c(OC)c1. The molecule has 1 amide bonds. The minimum Gasteiger partial charge on any atom is -0.493 e. The first-order valence-electron chi connectivity index (χ1n) is 10.9. The second-order valence-electron chi connectivity index (χ2n) is 7.75. The van der Waals surface area contributed by atoms with Crippen molar-refractivity contribution in [2.75, 3.05) is 13.7 Å². The Hall–Kier alpha value is -3.60. The van der Waals surface area contributed by atoms with Gasteiger partial charge in [-0.25, -0.2) is 0 Å². The highest BCUT2D eigenvalue weighted by atomic mass is 16.7. The van der Waals surface area contributed by atoms with Gasteiger partial charge in [-0.15, -0.1) is 0 Å². The Labute approximate surface area is 203 Å². The van der Waals surface area contributed by atoms with Crippen LogP contribution in [0, 0.1) is 0 Å². The Morgan fingerprint density at radius 2 is 1.63 bits per heavy atom. The minimum absolute atomic E-state index is 0.278. The maximum absolute atomic E-state index is 12.0. The van der Waals surface area contributed by atoms with Crippen LogP contribution in [0.2, 0.25) is 0 Å². The molecule has 0 aliphatic carbocycles. The van der Waals surface area contributed by atoms with Crippen molar-refractivity contribution in [2.45, 2.75) is 65.3 Å². The molecule has 11 nitrogen and oxygen atoms in total. The zero-order valence-corrected chi connectivity index (χ0v) is 20.6. The van der Waals surface area contributed by atoms with E-state index in [2.05, 4.69) is 5.32 Å². The molecule has 2 rings (SSSR count). The Balaban J connectivity index is 2.51. The number of benzene rings is 1. The molecule has 1 fully saturated rings. The molecule has 0 bridgehead atoms. The smallest absolute Gasteiger partial charge is 0.303 e. The van der Waals surface area contributed by atoms with Crippen molar-refractivity contribution in [3.8, 4) is 11.5 Å². The molecule has 192 valence electrons. The molecule has 1 aromatic carbocycles. The molecule has 35 heavy (non-hydrogen) atoms. The summed E-state index contributed by atoms with van der Waals surface area (Å²) in [6.45, 7) is 6.36. The maximum Gasteiger partial charge on any atom is 0.303 e. The lowest BCUT2D eigenvalue weighted by atomic mass is 9.96. The van der Waals surface area contributed by atoms with Crippen molar-refractivity contribution in [3.63, 3.8) is 0 Å². The number of rotatable bonds is 9. The van der Waals surface area contributed by atoms with E-state index in [-0.39, 0.29) is 12.4 Å². The van der Waals surface area contributed by atoms with Gasteiger partial charge in [0.15, 0.2) is 23.7 Å². The zero-order chi connectivity index (χ0) is 26.1. The number of hydrogen-bond acceptors (Lipinski definition) is 10. The second-order valence-corrected chi connectivity index (χ2v) is 7.75. The predicted octanol–water partition coefficient (Wildman–Crippen LogP) is 1.76. The molecule has 0 aromatic heterocycles. The number of carbonyl (C=O) groups excluding carboxylic acids is 4. The van der Waals surface area contributed by atoms with Crippen LogP contribution in [0.1, 0.15) is 40.2 Å². The molecule has 0 spiro atoms. The number of methoxy groups -OCH3 is 1. The molecule has 1 N–H and O–H groups in total. The molecule has 0 radical (unpaired) electrons. The average molecular weight is 494 g/mol. The van der Waals surface area contributed by atoms with Gasteiger partial charge in [0.25, 0.3) is 0 Å². The van der Waals surface area contributed by atoms with Crippen LogP contribution in [0.25, 0.3) is 6.08 Å². The van der Waals surface area contributed by atoms with Gasteiger partial charge in [0.1, 0.15) is 18.8 Å². The quantitative estimate of drug-likeness (QED) is 0.400. The third-order valence-electron chi connectivity index (χ3n) is 4.86. The number of esters is 3. The Bertz CT molecular complexity index is 960. The van der Waals surface area contributed by atoms with E-state index in [1.54, 1.807) is 18.2 Å². The molecular weight excluding hydrogens is 462 g/mol. The van der Waals surface area contributed by atoms with Gasteiger partial charge < -0.3 is 33.7 Å². The molecule has 1 saturated heterocycles. The first kappa shape index (κ1) is 27.6. The monoisotopic (exact) mass is 493 g/mol. The second kappa shape index (κ2) is 12.7. The standard InChI is InChI=1S/C24H31NO10/c1-7-8-17-9-10-18(19(11-17)30-6)34-24-21(25-13(2)26)23(33-16(5)29)22(32-15(4)28)20(35-24)12-31-14(3)27/h7-11,20-24H,12H2,1-6H3,(H,25,26)/b8-7+/t20-,21+,22+,23-,24-/m0/s1. The van der Waals surface area contributed by atoms with E-state index in [0.29, 0.717) is 5.75 Å². The number of allylic oxidation sites excluding steroid dienone is 1. The fourth-order valence-corrected chi connectivity index (χ4v) is 3.59. The minimum atomic E-state index is -1.24. The first-order valence-corrected chi connectivity index (χ1v) is 10.9. The number of carbonyl (C=O) groups is 4. The fraction of sp³-hybridized carbons (Fsp3) is 0.500. The zero-order valence-electron chi connectivity index (χ0n) is 20.6. The largest absolute Gasteiger partial charge is 0.493 e. The number of amides is 1. The number of hydrogen-bond donors (Lipinski definition) is 1. The van der Waals surface area contributed by atoms with Crippen molar-refractivity contribution in [1.29, 1.82) is 0 Å². The van der Waals surface area contributed by atoms with E-state index in [0.717, 1.165) is 5.56 Å². The van der Waals surface area contributed by atoms with Crippen molar-refractivity contribution < 1.29 is 47.6 Å². The Kier molecular flexibility index (Phi) is 10.1. The van der Waals surface area contributed by atoms with Crippen molar-refractivity contribution in [3.05, 3.63) is 29.8 Å². The van der Waals surface area contributed by atoms with Gasteiger partial charge in [-0.1, -0.05) is 18.2 Å². The normalized spacial score (nSPS) is 23.8. The van der Waals surface area contributed by atoms with Gasteiger partial charge in [-0.2, -0.15) is 0 Å². The molecule has 1 aromatic rings. The number of nitrogens with one attached hydrogen (secondary N) is 1. The van der Waals surface area contributed by atoms with Gasteiger partial charge in [0.05, 0.1) is 7.11 Å². The summed E-state index contributed by atoms with van der Waals surface area (Å²) in [4.78, 5) is 47.3. The van der Waals surface area contributed by atoms with Crippen molar-refractivity contribution in [2.24, 2.45) is 0 Å². The van der Waals surface area contributed by atoms with E-state index in [1.807, 2.05) is 19.1 Å². The Morgan fingerprint density at radius 1 is 0.971 bits per heavy atom. The highest BCUT2D eigenvalue weighted by Gasteiger charge is 2.52. The number of ether oxygens (including phenoxy) is 6. The van der Waals surface area contributed by atoms with E-state index in [9.17, 15) is 19.2 Å². The third-order valence-corrected chi connectivity index (χ3v) is 4.86. The van der Waals surface area contributed by atoms with Gasteiger partial charge in [-0.3, -0.25) is 19.2 Å². The van der Waals surface area contributed by atoms with Crippen LogP contribution in [-0.4, -0.2) is 68.2 Å². The average Bonchev–Trinajstić information content (AvgIpc) is 2.76. The highest BCUT2D eigenvalue weighted by molar-refractivity contribution is 5.73. The van der Waals surface area contributed by atoms with Crippen molar-refractivity contribution >= 4 is 29.9 Å². The molecule has 1 aliphatic heterocycles. The fourth-order valence-electron chi connectivity index (χ4n) is 3.59. The lowest BCUT2D eigenvalue weighted by Gasteiger charge is -2.44. The summed E-state index contributed by atoms with van der Waals surface area (Å²) in [5.74, 6) is -1.79. The van der Waals surface area contributed by atoms with Crippen LogP contribution in [0.3, 0.4) is 0 Å². The van der Waals surface area contributed by atoms with Gasteiger partial charge in [0.2, 0.25) is 12.2 Å². The van der Waals surface area contributed by atoms with Crippen LogP contribution < -0.4 is 14.8 Å². The van der Waals surface area contributed by atoms with Gasteiger partial charge >= 0.3 is 17.9 Å². The van der Waals surface area contributed by atoms with Gasteiger partial charge in [-0.05, 0) is 24.6 Å². The summed E-state index contributed by atoms with van der Waals surface area (Å²) in [5, 5.41) is 2.65. The summed E-state index contributed by atoms with van der Waals surface area (Å²) in [6.07, 6.45) is -0.990. The summed E-state index contributed by atoms with van der Waals surface area (Å²) in [7, 11) is 1.47. The van der Waals surface area contributed by atoms with E-state index < -0.39 is 54.5 Å². The molecule has 5 atom stereocenters. The van der Waals surface area contributed by atoms with Crippen LogP contribution in [0.4, 0.5) is 0 Å². The summed E-state index contributed by atoms with van der Waals surface area (Å²) in [5.41, 5.74) is 0.861. The van der Waals surface area contributed by atoms with Crippen molar-refractivity contribution in [1.82, 2.24) is 5.32 Å². The predicted molar refractivity (Wildman–Crippen MR) is 122 cm³/mol. The molecule has 11 heteroatoms. The van der Waals surface area contributed by atoms with E-state index >= 15 is 0 Å². The molecule has 0 unspecified atom stereocenters. The summed E-state index contributed by atoms with van der Waals surface area (Å²) in [6, 6.07) is 4.10. The lowest BCUT2D eigenvalue weighted by Crippen LogP contribution is -2.67. The third kappa shape index (κ3) is 7.99. The molecule has 1 aliphatic rings. The first-order chi connectivity index (χ1) is 16.5. The van der Waals surface area contributed by atoms with Crippen LogP contribution in [-0.2, 0) is 38.1 Å². The lowest BCUT2D eigenvalue weighted by molar-refractivity contribution is -0.257.